The van der Waals surface area contributed by atoms with Crippen molar-refractivity contribution in [2.24, 2.45) is 5.73 Å². The van der Waals surface area contributed by atoms with Gasteiger partial charge in [-0.3, -0.25) is 15.6 Å². The fourth-order valence-electron chi connectivity index (χ4n) is 4.45. The van der Waals surface area contributed by atoms with Gasteiger partial charge in [0.05, 0.1) is 11.8 Å². The molecule has 0 aromatic heterocycles. The summed E-state index contributed by atoms with van der Waals surface area (Å²) >= 11 is 0. The van der Waals surface area contributed by atoms with Crippen LogP contribution in [0.5, 0.6) is 5.75 Å². The summed E-state index contributed by atoms with van der Waals surface area (Å²) in [6.45, 7) is 3.44. The number of rotatable bonds is 7. The number of nitrogens with one attached hydrogen (secondary N) is 2. The molecule has 1 aliphatic heterocycles. The van der Waals surface area contributed by atoms with Crippen molar-refractivity contribution in [2.45, 2.75) is 38.2 Å². The van der Waals surface area contributed by atoms with Crippen LogP contribution in [0.15, 0.2) is 60.7 Å². The van der Waals surface area contributed by atoms with E-state index in [1.165, 1.54) is 0 Å². The van der Waals surface area contributed by atoms with E-state index in [1.54, 1.807) is 6.92 Å². The molecular formula is C27H30N4O3. The van der Waals surface area contributed by atoms with Crippen LogP contribution in [0.2, 0.25) is 0 Å². The van der Waals surface area contributed by atoms with Crippen LogP contribution in [0, 0.1) is 10.8 Å². The number of ether oxygens (including phenoxy) is 1. The third-order valence-corrected chi connectivity index (χ3v) is 6.46. The van der Waals surface area contributed by atoms with Gasteiger partial charge in [0.1, 0.15) is 17.7 Å². The number of hydrogen-bond acceptors (Lipinski definition) is 4. The average molecular weight is 459 g/mol. The van der Waals surface area contributed by atoms with Gasteiger partial charge >= 0.3 is 5.97 Å². The van der Waals surface area contributed by atoms with Gasteiger partial charge in [0.15, 0.2) is 0 Å². The van der Waals surface area contributed by atoms with Gasteiger partial charge in [0.2, 0.25) is 0 Å². The maximum atomic E-state index is 12.1. The number of nitrogens with two attached hydrogens (primary N) is 1. The molecule has 7 heteroatoms. The molecule has 0 bridgehead atoms. The molecule has 5 N–H and O–H groups in total. The first-order chi connectivity index (χ1) is 16.3. The number of nitrogen functional groups attached to an aromatic ring is 1. The lowest BCUT2D eigenvalue weighted by molar-refractivity contribution is -0.138. The average Bonchev–Trinajstić information content (AvgIpc) is 2.83. The molecule has 0 aliphatic carbocycles. The first kappa shape index (κ1) is 23.3. The monoisotopic (exact) mass is 458 g/mol. The quantitative estimate of drug-likeness (QED) is 0.309. The van der Waals surface area contributed by atoms with Crippen molar-refractivity contribution in [2.75, 3.05) is 13.1 Å². The molecule has 3 aromatic rings. The Balaban J connectivity index is 1.46. The maximum absolute atomic E-state index is 12.1. The lowest BCUT2D eigenvalue weighted by Crippen LogP contribution is -2.40. The van der Waals surface area contributed by atoms with Crippen LogP contribution in [0.1, 0.15) is 42.4 Å². The van der Waals surface area contributed by atoms with E-state index >= 15 is 0 Å². The molecule has 0 radical (unpaired) electrons. The Morgan fingerprint density at radius 2 is 1.74 bits per heavy atom. The van der Waals surface area contributed by atoms with Crippen molar-refractivity contribution in [3.05, 3.63) is 77.4 Å². The Labute approximate surface area is 199 Å². The van der Waals surface area contributed by atoms with E-state index in [-0.39, 0.29) is 11.9 Å². The lowest BCUT2D eigenvalue weighted by atomic mass is 9.91. The Morgan fingerprint density at radius 3 is 2.35 bits per heavy atom. The van der Waals surface area contributed by atoms with Crippen LogP contribution in [0.4, 0.5) is 0 Å². The van der Waals surface area contributed by atoms with Gasteiger partial charge in [0.25, 0.3) is 0 Å². The highest BCUT2D eigenvalue weighted by Gasteiger charge is 2.23. The summed E-state index contributed by atoms with van der Waals surface area (Å²) in [6, 6.07) is 18.8. The third kappa shape index (κ3) is 5.36. The number of piperidine rings is 1. The van der Waals surface area contributed by atoms with Crippen LogP contribution in [-0.4, -0.2) is 46.8 Å². The van der Waals surface area contributed by atoms with Gasteiger partial charge in [-0.05, 0) is 53.4 Å². The van der Waals surface area contributed by atoms with Gasteiger partial charge in [-0.2, -0.15) is 0 Å². The molecule has 1 aliphatic rings. The number of amidine groups is 2. The van der Waals surface area contributed by atoms with Crippen molar-refractivity contribution in [3.63, 3.8) is 0 Å². The molecule has 1 saturated heterocycles. The van der Waals surface area contributed by atoms with Crippen molar-refractivity contribution >= 4 is 28.4 Å². The number of carboxylic acid groups (broad SMARTS) is 1. The van der Waals surface area contributed by atoms with E-state index in [0.717, 1.165) is 53.6 Å². The van der Waals surface area contributed by atoms with Crippen LogP contribution in [0.25, 0.3) is 10.8 Å². The highest BCUT2D eigenvalue weighted by Crippen LogP contribution is 2.27. The third-order valence-electron chi connectivity index (χ3n) is 6.46. The highest BCUT2D eigenvalue weighted by molar-refractivity contribution is 5.99. The van der Waals surface area contributed by atoms with Gasteiger partial charge < -0.3 is 20.5 Å². The fourth-order valence-corrected chi connectivity index (χ4v) is 4.45. The molecule has 34 heavy (non-hydrogen) atoms. The summed E-state index contributed by atoms with van der Waals surface area (Å²) in [7, 11) is 0. The second-order valence-electron chi connectivity index (χ2n) is 8.86. The lowest BCUT2D eigenvalue weighted by Gasteiger charge is -2.32. The number of carbonyl (C=O) groups is 1. The van der Waals surface area contributed by atoms with Crippen molar-refractivity contribution < 1.29 is 14.6 Å². The van der Waals surface area contributed by atoms with Crippen LogP contribution >= 0.6 is 0 Å². The minimum Gasteiger partial charge on any atom is -0.490 e. The normalized spacial score (nSPS) is 15.1. The van der Waals surface area contributed by atoms with Crippen LogP contribution in [0.3, 0.4) is 0 Å². The highest BCUT2D eigenvalue weighted by atomic mass is 16.5. The van der Waals surface area contributed by atoms with E-state index in [2.05, 4.69) is 0 Å². The summed E-state index contributed by atoms with van der Waals surface area (Å²) in [4.78, 5) is 14.2. The van der Waals surface area contributed by atoms with E-state index in [0.29, 0.717) is 17.8 Å². The Bertz CT molecular complexity index is 1210. The molecule has 0 spiro atoms. The van der Waals surface area contributed by atoms with Crippen molar-refractivity contribution in [1.29, 1.82) is 10.8 Å². The summed E-state index contributed by atoms with van der Waals surface area (Å²) in [6.07, 6.45) is 2.19. The zero-order valence-electron chi connectivity index (χ0n) is 19.3. The summed E-state index contributed by atoms with van der Waals surface area (Å²) in [5.41, 5.74) is 7.90. The Kier molecular flexibility index (Phi) is 6.82. The van der Waals surface area contributed by atoms with Crippen LogP contribution < -0.4 is 10.5 Å². The standard InChI is InChI=1S/C27H30N4O3/c1-17(28)31-12-10-24(11-13-31)34-23-8-6-20(7-9-23)25(27(32)33)15-18-2-3-19-4-5-21(26(29)30)16-22(19)14-18/h2-9,14,16,24-25,28H,10-13,15H2,1H3,(H3,29,30)(H,32,33)/t25-/m0/s1. The molecule has 1 fully saturated rings. The van der Waals surface area contributed by atoms with Crippen molar-refractivity contribution in [1.82, 2.24) is 4.90 Å². The van der Waals surface area contributed by atoms with E-state index in [1.807, 2.05) is 65.6 Å². The first-order valence-corrected chi connectivity index (χ1v) is 11.5. The molecule has 176 valence electrons. The predicted octanol–water partition coefficient (Wildman–Crippen LogP) is 4.38. The molecule has 1 heterocycles. The number of fused-ring (bicyclic) bond motifs is 1. The number of carboxylic acids is 1. The SMILES string of the molecule is CC(=N)N1CCC(Oc2ccc([C@H](Cc3ccc4ccc(C(=N)N)cc4c3)C(=O)O)cc2)CC1. The predicted molar refractivity (Wildman–Crippen MR) is 134 cm³/mol. The van der Waals surface area contributed by atoms with Gasteiger partial charge in [-0.25, -0.2) is 0 Å². The molecule has 1 atom stereocenters. The van der Waals surface area contributed by atoms with Crippen molar-refractivity contribution in [3.8, 4) is 5.75 Å². The second-order valence-corrected chi connectivity index (χ2v) is 8.86. The first-order valence-electron chi connectivity index (χ1n) is 11.5. The Morgan fingerprint density at radius 1 is 1.06 bits per heavy atom. The number of likely N-dealkylation sites (tertiary alicyclic amines) is 1. The van der Waals surface area contributed by atoms with Crippen LogP contribution in [-0.2, 0) is 11.2 Å². The van der Waals surface area contributed by atoms with E-state index in [9.17, 15) is 9.90 Å². The molecule has 7 nitrogen and oxygen atoms in total. The molecule has 3 aromatic carbocycles. The summed E-state index contributed by atoms with van der Waals surface area (Å²) < 4.78 is 6.10. The van der Waals surface area contributed by atoms with E-state index < -0.39 is 11.9 Å². The van der Waals surface area contributed by atoms with Gasteiger partial charge in [0, 0.05) is 31.5 Å². The zero-order chi connectivity index (χ0) is 24.2. The molecular weight excluding hydrogens is 428 g/mol. The molecule has 0 saturated carbocycles. The smallest absolute Gasteiger partial charge is 0.311 e. The molecule has 0 amide bonds. The number of nitrogens with zero attached hydrogens (tertiary/aromatic N) is 1. The topological polar surface area (TPSA) is 123 Å². The number of benzene rings is 3. The number of aliphatic carboxylic acids is 1. The number of hydrogen-bond donors (Lipinski definition) is 4. The fraction of sp³-hybridized carbons (Fsp3) is 0.296. The summed E-state index contributed by atoms with van der Waals surface area (Å²) in [5, 5.41) is 27.3. The van der Waals surface area contributed by atoms with Gasteiger partial charge in [-0.1, -0.05) is 42.5 Å². The maximum Gasteiger partial charge on any atom is 0.311 e. The second kappa shape index (κ2) is 9.95. The minimum absolute atomic E-state index is 0.00779. The molecule has 4 rings (SSSR count). The largest absolute Gasteiger partial charge is 0.490 e. The molecule has 0 unspecified atom stereocenters. The summed E-state index contributed by atoms with van der Waals surface area (Å²) in [5.74, 6) is -0.219. The van der Waals surface area contributed by atoms with E-state index in [4.69, 9.17) is 21.3 Å². The zero-order valence-corrected chi connectivity index (χ0v) is 19.3. The Hall–Kier alpha value is -3.87. The van der Waals surface area contributed by atoms with Gasteiger partial charge in [-0.15, -0.1) is 0 Å². The minimum atomic E-state index is -0.874.